The van der Waals surface area contributed by atoms with Crippen molar-refractivity contribution < 1.29 is 4.74 Å². The third-order valence-electron chi connectivity index (χ3n) is 3.42. The minimum Gasteiger partial charge on any atom is -0.378 e. The summed E-state index contributed by atoms with van der Waals surface area (Å²) < 4.78 is 5.83. The van der Waals surface area contributed by atoms with E-state index in [-0.39, 0.29) is 0 Å². The van der Waals surface area contributed by atoms with Gasteiger partial charge in [0.05, 0.1) is 6.10 Å². The number of hydrogen-bond donors (Lipinski definition) is 1. The molecular weight excluding hydrogens is 210 g/mol. The van der Waals surface area contributed by atoms with Crippen molar-refractivity contribution in [3.63, 3.8) is 0 Å². The first kappa shape index (κ1) is 14.7. The van der Waals surface area contributed by atoms with Gasteiger partial charge in [0.2, 0.25) is 0 Å². The molecule has 0 bridgehead atoms. The van der Waals surface area contributed by atoms with Gasteiger partial charge in [0.1, 0.15) is 0 Å². The Morgan fingerprint density at radius 3 is 2.88 bits per heavy atom. The number of allylic oxidation sites excluding steroid dienone is 1. The molecule has 2 unspecified atom stereocenters. The zero-order chi connectivity index (χ0) is 12.5. The van der Waals surface area contributed by atoms with Crippen LogP contribution in [0.5, 0.6) is 0 Å². The highest BCUT2D eigenvalue weighted by atomic mass is 16.5. The number of nitrogens with one attached hydrogen (secondary N) is 1. The average molecular weight is 239 g/mol. The minimum absolute atomic E-state index is 0.489. The summed E-state index contributed by atoms with van der Waals surface area (Å²) in [6.45, 7) is 10.4. The molecule has 2 nitrogen and oxygen atoms in total. The molecular formula is C15H29NO. The van der Waals surface area contributed by atoms with E-state index in [1.54, 1.807) is 0 Å². The van der Waals surface area contributed by atoms with Gasteiger partial charge in [0.25, 0.3) is 0 Å². The van der Waals surface area contributed by atoms with Crippen LogP contribution in [0.3, 0.4) is 0 Å². The Bertz CT molecular complexity index is 209. The second-order valence-electron chi connectivity index (χ2n) is 5.37. The van der Waals surface area contributed by atoms with Gasteiger partial charge in [0, 0.05) is 12.6 Å². The Hall–Kier alpha value is -0.340. The number of rotatable bonds is 8. The predicted molar refractivity (Wildman–Crippen MR) is 74.3 cm³/mol. The third kappa shape index (κ3) is 6.85. The molecule has 0 aromatic heterocycles. The first-order valence-electron chi connectivity index (χ1n) is 7.21. The maximum absolute atomic E-state index is 5.83. The van der Waals surface area contributed by atoms with Gasteiger partial charge in [0.15, 0.2) is 0 Å². The van der Waals surface area contributed by atoms with Crippen LogP contribution < -0.4 is 5.32 Å². The Morgan fingerprint density at radius 1 is 1.47 bits per heavy atom. The Labute approximate surface area is 107 Å². The van der Waals surface area contributed by atoms with Crippen molar-refractivity contribution in [2.45, 2.75) is 70.9 Å². The Balaban J connectivity index is 2.29. The SMILES string of the molecule is C=C(C)CCC(CC1CCCCO1)NCCC. The van der Waals surface area contributed by atoms with Crippen molar-refractivity contribution in [1.29, 1.82) is 0 Å². The largest absolute Gasteiger partial charge is 0.378 e. The quantitative estimate of drug-likeness (QED) is 0.653. The van der Waals surface area contributed by atoms with Crippen LogP contribution in [-0.2, 0) is 4.74 Å². The highest BCUT2D eigenvalue weighted by molar-refractivity contribution is 4.89. The molecule has 2 heteroatoms. The van der Waals surface area contributed by atoms with Crippen molar-refractivity contribution in [1.82, 2.24) is 5.32 Å². The first-order valence-corrected chi connectivity index (χ1v) is 7.21. The van der Waals surface area contributed by atoms with E-state index >= 15 is 0 Å². The van der Waals surface area contributed by atoms with Gasteiger partial charge in [-0.05, 0) is 58.4 Å². The fourth-order valence-corrected chi connectivity index (χ4v) is 2.38. The number of hydrogen-bond acceptors (Lipinski definition) is 2. The maximum atomic E-state index is 5.83. The molecule has 2 atom stereocenters. The van der Waals surface area contributed by atoms with E-state index in [0.29, 0.717) is 12.1 Å². The van der Waals surface area contributed by atoms with E-state index in [4.69, 9.17) is 4.74 Å². The maximum Gasteiger partial charge on any atom is 0.0590 e. The molecule has 0 aromatic rings. The molecule has 100 valence electrons. The van der Waals surface area contributed by atoms with Gasteiger partial charge in [-0.1, -0.05) is 12.5 Å². The Morgan fingerprint density at radius 2 is 2.29 bits per heavy atom. The first-order chi connectivity index (χ1) is 8.22. The van der Waals surface area contributed by atoms with Gasteiger partial charge >= 0.3 is 0 Å². The molecule has 1 aliphatic heterocycles. The molecule has 0 spiro atoms. The van der Waals surface area contributed by atoms with Gasteiger partial charge in [-0.15, -0.1) is 6.58 Å². The van der Waals surface area contributed by atoms with Gasteiger partial charge in [-0.25, -0.2) is 0 Å². The smallest absolute Gasteiger partial charge is 0.0590 e. The Kier molecular flexibility index (Phi) is 7.54. The fraction of sp³-hybridized carbons (Fsp3) is 0.867. The molecule has 0 radical (unpaired) electrons. The lowest BCUT2D eigenvalue weighted by molar-refractivity contribution is 0.00475. The monoisotopic (exact) mass is 239 g/mol. The summed E-state index contributed by atoms with van der Waals surface area (Å²) in [4.78, 5) is 0. The van der Waals surface area contributed by atoms with Crippen molar-refractivity contribution in [2.75, 3.05) is 13.2 Å². The molecule has 0 amide bonds. The summed E-state index contributed by atoms with van der Waals surface area (Å²) in [6, 6.07) is 0.606. The normalized spacial score (nSPS) is 22.4. The van der Waals surface area contributed by atoms with Crippen molar-refractivity contribution in [3.8, 4) is 0 Å². The molecule has 1 heterocycles. The van der Waals surface area contributed by atoms with Crippen LogP contribution >= 0.6 is 0 Å². The fourth-order valence-electron chi connectivity index (χ4n) is 2.38. The summed E-state index contributed by atoms with van der Waals surface area (Å²) in [7, 11) is 0. The second kappa shape index (κ2) is 8.71. The predicted octanol–water partition coefficient (Wildman–Crippen LogP) is 3.67. The van der Waals surface area contributed by atoms with Crippen LogP contribution in [0, 0.1) is 0 Å². The van der Waals surface area contributed by atoms with E-state index < -0.39 is 0 Å². The lowest BCUT2D eigenvalue weighted by Gasteiger charge is -2.27. The average Bonchev–Trinajstić information content (AvgIpc) is 2.34. The van der Waals surface area contributed by atoms with Crippen LogP contribution in [0.25, 0.3) is 0 Å². The number of ether oxygens (including phenoxy) is 1. The van der Waals surface area contributed by atoms with E-state index in [0.717, 1.165) is 19.6 Å². The summed E-state index contributed by atoms with van der Waals surface area (Å²) in [5.41, 5.74) is 1.29. The highest BCUT2D eigenvalue weighted by Gasteiger charge is 2.18. The lowest BCUT2D eigenvalue weighted by Crippen LogP contribution is -2.35. The minimum atomic E-state index is 0.489. The molecule has 0 saturated carbocycles. The summed E-state index contributed by atoms with van der Waals surface area (Å²) >= 11 is 0. The summed E-state index contributed by atoms with van der Waals surface area (Å²) in [6.07, 6.45) is 9.03. The molecule has 0 aromatic carbocycles. The van der Waals surface area contributed by atoms with Crippen LogP contribution in [0.4, 0.5) is 0 Å². The highest BCUT2D eigenvalue weighted by Crippen LogP contribution is 2.19. The van der Waals surface area contributed by atoms with E-state index in [9.17, 15) is 0 Å². The zero-order valence-corrected chi connectivity index (χ0v) is 11.6. The van der Waals surface area contributed by atoms with Crippen LogP contribution in [0.2, 0.25) is 0 Å². The van der Waals surface area contributed by atoms with Crippen molar-refractivity contribution in [3.05, 3.63) is 12.2 Å². The van der Waals surface area contributed by atoms with E-state index in [1.165, 1.54) is 44.1 Å². The third-order valence-corrected chi connectivity index (χ3v) is 3.42. The summed E-state index contributed by atoms with van der Waals surface area (Å²) in [5.74, 6) is 0. The van der Waals surface area contributed by atoms with E-state index in [2.05, 4.69) is 25.7 Å². The molecule has 1 saturated heterocycles. The van der Waals surface area contributed by atoms with E-state index in [1.807, 2.05) is 0 Å². The molecule has 1 aliphatic rings. The van der Waals surface area contributed by atoms with Crippen molar-refractivity contribution >= 4 is 0 Å². The van der Waals surface area contributed by atoms with Crippen LogP contribution in [0.15, 0.2) is 12.2 Å². The molecule has 17 heavy (non-hydrogen) atoms. The topological polar surface area (TPSA) is 21.3 Å². The summed E-state index contributed by atoms with van der Waals surface area (Å²) in [5, 5.41) is 3.65. The standard InChI is InChI=1S/C15H29NO/c1-4-10-16-14(9-8-13(2)3)12-15-7-5-6-11-17-15/h14-16H,2,4-12H2,1,3H3. The molecule has 1 fully saturated rings. The molecule has 1 rings (SSSR count). The van der Waals surface area contributed by atoms with Gasteiger partial charge < -0.3 is 10.1 Å². The molecule has 0 aliphatic carbocycles. The van der Waals surface area contributed by atoms with Crippen LogP contribution in [-0.4, -0.2) is 25.3 Å². The lowest BCUT2D eigenvalue weighted by atomic mass is 9.97. The second-order valence-corrected chi connectivity index (χ2v) is 5.37. The molecule has 1 N–H and O–H groups in total. The van der Waals surface area contributed by atoms with Crippen molar-refractivity contribution in [2.24, 2.45) is 0 Å². The van der Waals surface area contributed by atoms with Gasteiger partial charge in [-0.3, -0.25) is 0 Å². The van der Waals surface area contributed by atoms with Crippen LogP contribution in [0.1, 0.15) is 58.8 Å². The van der Waals surface area contributed by atoms with Gasteiger partial charge in [-0.2, -0.15) is 0 Å². The zero-order valence-electron chi connectivity index (χ0n) is 11.6.